The summed E-state index contributed by atoms with van der Waals surface area (Å²) in [6.07, 6.45) is 5.25. The van der Waals surface area contributed by atoms with E-state index in [0.717, 1.165) is 30.1 Å². The van der Waals surface area contributed by atoms with E-state index in [9.17, 15) is 4.79 Å². The fourth-order valence-corrected chi connectivity index (χ4v) is 5.88. The topological polar surface area (TPSA) is 37.3 Å². The third-order valence-corrected chi connectivity index (χ3v) is 6.37. The number of aliphatic carboxylic acids is 1. The Morgan fingerprint density at radius 1 is 1.33 bits per heavy atom. The third kappa shape index (κ3) is 0.724. The van der Waals surface area contributed by atoms with Crippen LogP contribution in [-0.4, -0.2) is 11.1 Å². The van der Waals surface area contributed by atoms with Crippen LogP contribution in [0.1, 0.15) is 32.6 Å². The van der Waals surface area contributed by atoms with Gasteiger partial charge in [0.15, 0.2) is 0 Å². The maximum absolute atomic E-state index is 11.1. The van der Waals surface area contributed by atoms with Crippen molar-refractivity contribution in [3.05, 3.63) is 0 Å². The molecule has 2 heteroatoms. The van der Waals surface area contributed by atoms with Crippen molar-refractivity contribution in [3.63, 3.8) is 0 Å². The van der Waals surface area contributed by atoms with E-state index in [1.54, 1.807) is 0 Å². The lowest BCUT2D eigenvalue weighted by Crippen LogP contribution is -2.52. The van der Waals surface area contributed by atoms with E-state index >= 15 is 0 Å². The predicted molar refractivity (Wildman–Crippen MR) is 55.2 cm³/mol. The monoisotopic (exact) mass is 206 g/mol. The van der Waals surface area contributed by atoms with Crippen molar-refractivity contribution in [3.8, 4) is 0 Å². The number of carboxylic acid groups (broad SMARTS) is 1. The molecule has 1 N–H and O–H groups in total. The lowest BCUT2D eigenvalue weighted by molar-refractivity contribution is -0.146. The van der Waals surface area contributed by atoms with Crippen molar-refractivity contribution in [1.29, 1.82) is 0 Å². The summed E-state index contributed by atoms with van der Waals surface area (Å²) >= 11 is 0. The van der Waals surface area contributed by atoms with Gasteiger partial charge < -0.3 is 5.11 Å². The molecule has 4 aliphatic rings. The highest BCUT2D eigenvalue weighted by molar-refractivity contribution is 5.75. The summed E-state index contributed by atoms with van der Waals surface area (Å²) < 4.78 is 0. The van der Waals surface area contributed by atoms with Crippen LogP contribution in [0.5, 0.6) is 0 Å². The second kappa shape index (κ2) is 2.26. The van der Waals surface area contributed by atoms with Gasteiger partial charge in [-0.3, -0.25) is 4.79 Å². The second-order valence-electron chi connectivity index (χ2n) is 6.43. The molecule has 0 aromatic carbocycles. The summed E-state index contributed by atoms with van der Waals surface area (Å²) in [5, 5.41) is 9.16. The first-order valence-corrected chi connectivity index (χ1v) is 6.39. The van der Waals surface area contributed by atoms with E-state index in [0.29, 0.717) is 5.92 Å². The highest BCUT2D eigenvalue weighted by Gasteiger charge is 2.79. The summed E-state index contributed by atoms with van der Waals surface area (Å²) in [6, 6.07) is 0. The molecule has 82 valence electrons. The highest BCUT2D eigenvalue weighted by Crippen LogP contribution is 2.82. The largest absolute Gasteiger partial charge is 0.481 e. The Bertz CT molecular complexity index is 350. The van der Waals surface area contributed by atoms with Gasteiger partial charge >= 0.3 is 5.97 Å². The maximum atomic E-state index is 11.1. The molecule has 1 spiro atoms. The van der Waals surface area contributed by atoms with Crippen LogP contribution < -0.4 is 0 Å². The molecule has 0 radical (unpaired) electrons. The fraction of sp³-hybridized carbons (Fsp3) is 0.923. The van der Waals surface area contributed by atoms with Gasteiger partial charge in [0, 0.05) is 0 Å². The maximum Gasteiger partial charge on any atom is 0.307 e. The zero-order valence-corrected chi connectivity index (χ0v) is 9.15. The summed E-state index contributed by atoms with van der Waals surface area (Å²) in [7, 11) is 0. The number of rotatable bonds is 1. The highest BCUT2D eigenvalue weighted by atomic mass is 16.4. The summed E-state index contributed by atoms with van der Waals surface area (Å²) in [4.78, 5) is 11.1. The average Bonchev–Trinajstić information content (AvgIpc) is 2.75. The Balaban J connectivity index is 1.67. The van der Waals surface area contributed by atoms with Crippen molar-refractivity contribution in [1.82, 2.24) is 0 Å². The summed E-state index contributed by atoms with van der Waals surface area (Å²) in [5.74, 6) is 3.80. The molecule has 4 saturated carbocycles. The van der Waals surface area contributed by atoms with Crippen molar-refractivity contribution >= 4 is 5.97 Å². The molecule has 0 aromatic rings. The minimum Gasteiger partial charge on any atom is -0.481 e. The van der Waals surface area contributed by atoms with Crippen molar-refractivity contribution < 1.29 is 9.90 Å². The standard InChI is InChI=1S/C13H18O2/c1-6-10-7-2-3-8(4-7)11(10)13(6)5-9(13)12(14)15/h6-11H,2-5H2,1H3,(H,14,15)/t6-,7-,8-,9-,10-,11+,13+/m1/s1. The molecule has 0 aromatic heterocycles. The minimum atomic E-state index is -0.525. The van der Waals surface area contributed by atoms with Gasteiger partial charge in [-0.15, -0.1) is 0 Å². The van der Waals surface area contributed by atoms with Gasteiger partial charge in [-0.25, -0.2) is 0 Å². The van der Waals surface area contributed by atoms with E-state index in [-0.39, 0.29) is 11.3 Å². The van der Waals surface area contributed by atoms with Gasteiger partial charge in [0.05, 0.1) is 5.92 Å². The molecule has 0 amide bonds. The first kappa shape index (κ1) is 8.60. The van der Waals surface area contributed by atoms with E-state index in [2.05, 4.69) is 6.92 Å². The Labute approximate surface area is 90.1 Å². The van der Waals surface area contributed by atoms with Crippen LogP contribution >= 0.6 is 0 Å². The molecule has 2 nitrogen and oxygen atoms in total. The molecule has 4 fully saturated rings. The summed E-state index contributed by atoms with van der Waals surface area (Å²) in [6.45, 7) is 2.32. The molecule has 0 aliphatic heterocycles. The first-order chi connectivity index (χ1) is 7.16. The van der Waals surface area contributed by atoms with Crippen LogP contribution in [0.15, 0.2) is 0 Å². The molecule has 15 heavy (non-hydrogen) atoms. The third-order valence-electron chi connectivity index (χ3n) is 6.37. The van der Waals surface area contributed by atoms with Crippen molar-refractivity contribution in [2.75, 3.05) is 0 Å². The lowest BCUT2D eigenvalue weighted by atomic mass is 9.49. The number of carbonyl (C=O) groups is 1. The van der Waals surface area contributed by atoms with E-state index in [4.69, 9.17) is 5.11 Å². The molecular formula is C13H18O2. The van der Waals surface area contributed by atoms with Gasteiger partial charge in [-0.1, -0.05) is 6.92 Å². The van der Waals surface area contributed by atoms with Gasteiger partial charge in [0.1, 0.15) is 0 Å². The fourth-order valence-electron chi connectivity index (χ4n) is 5.88. The first-order valence-electron chi connectivity index (χ1n) is 6.39. The predicted octanol–water partition coefficient (Wildman–Crippen LogP) is 2.39. The Kier molecular flexibility index (Phi) is 1.29. The average molecular weight is 206 g/mol. The zero-order valence-electron chi connectivity index (χ0n) is 9.15. The number of hydrogen-bond donors (Lipinski definition) is 1. The van der Waals surface area contributed by atoms with Crippen LogP contribution in [0.3, 0.4) is 0 Å². The lowest BCUT2D eigenvalue weighted by Gasteiger charge is -2.55. The Morgan fingerprint density at radius 2 is 2.07 bits per heavy atom. The summed E-state index contributed by atoms with van der Waals surface area (Å²) in [5.41, 5.74) is 0.274. The quantitative estimate of drug-likeness (QED) is 0.715. The SMILES string of the molecule is C[C@@H]1[C@@H]2[C@@H]3CC[C@H](C3)[C@@H]2[C@@]12C[C@@H]2C(=O)O. The van der Waals surface area contributed by atoms with Gasteiger partial charge in [-0.05, 0) is 60.7 Å². The van der Waals surface area contributed by atoms with Gasteiger partial charge in [0.2, 0.25) is 0 Å². The molecule has 2 bridgehead atoms. The van der Waals surface area contributed by atoms with Gasteiger partial charge in [-0.2, -0.15) is 0 Å². The van der Waals surface area contributed by atoms with Crippen LogP contribution in [0.25, 0.3) is 0 Å². The molecule has 4 aliphatic carbocycles. The smallest absolute Gasteiger partial charge is 0.307 e. The van der Waals surface area contributed by atoms with Crippen molar-refractivity contribution in [2.24, 2.45) is 40.9 Å². The molecule has 0 heterocycles. The molecule has 0 unspecified atom stereocenters. The van der Waals surface area contributed by atoms with Crippen LogP contribution in [-0.2, 0) is 4.79 Å². The van der Waals surface area contributed by atoms with Gasteiger partial charge in [0.25, 0.3) is 0 Å². The molecular weight excluding hydrogens is 188 g/mol. The molecule has 4 rings (SSSR count). The molecule has 7 atom stereocenters. The van der Waals surface area contributed by atoms with Crippen molar-refractivity contribution in [2.45, 2.75) is 32.6 Å². The Morgan fingerprint density at radius 3 is 2.73 bits per heavy atom. The van der Waals surface area contributed by atoms with E-state index < -0.39 is 5.97 Å². The van der Waals surface area contributed by atoms with Crippen LogP contribution in [0.4, 0.5) is 0 Å². The zero-order chi connectivity index (χ0) is 10.4. The molecule has 0 saturated heterocycles. The number of fused-ring (bicyclic) bond motifs is 6. The second-order valence-corrected chi connectivity index (χ2v) is 6.43. The normalized spacial score (nSPS) is 64.1. The number of hydrogen-bond acceptors (Lipinski definition) is 1. The van der Waals surface area contributed by atoms with Crippen LogP contribution in [0.2, 0.25) is 0 Å². The van der Waals surface area contributed by atoms with E-state index in [1.165, 1.54) is 19.3 Å². The number of carboxylic acids is 1. The minimum absolute atomic E-state index is 0.0214. The van der Waals surface area contributed by atoms with E-state index in [1.807, 2.05) is 0 Å². The Hall–Kier alpha value is -0.530. The van der Waals surface area contributed by atoms with Crippen LogP contribution in [0, 0.1) is 40.9 Å².